The number of carboxylic acid groups (broad SMARTS) is 1. The molecule has 1 aliphatic carbocycles. The van der Waals surface area contributed by atoms with Crippen LogP contribution in [0.4, 0.5) is 13.2 Å². The highest BCUT2D eigenvalue weighted by atomic mass is 32.2. The van der Waals surface area contributed by atoms with Crippen LogP contribution < -0.4 is 5.56 Å². The molecule has 0 unspecified atom stereocenters. The molecule has 2 N–H and O–H groups in total. The highest BCUT2D eigenvalue weighted by Gasteiger charge is 2.38. The number of aromatic amines is 1. The summed E-state index contributed by atoms with van der Waals surface area (Å²) in [6.07, 6.45) is 0.169. The first-order chi connectivity index (χ1) is 13.8. The Morgan fingerprint density at radius 1 is 1.37 bits per heavy atom. The van der Waals surface area contributed by atoms with Gasteiger partial charge in [0.05, 0.1) is 17.7 Å². The van der Waals surface area contributed by atoms with Crippen LogP contribution in [-0.4, -0.2) is 51.4 Å². The minimum Gasteiger partial charge on any atom is -0.475 e. The maximum absolute atomic E-state index is 12.0. The first-order valence-corrected chi connectivity index (χ1v) is 11.5. The van der Waals surface area contributed by atoms with E-state index in [0.29, 0.717) is 23.1 Å². The van der Waals surface area contributed by atoms with Gasteiger partial charge in [-0.1, -0.05) is 11.8 Å². The van der Waals surface area contributed by atoms with Crippen LogP contribution in [0.1, 0.15) is 30.3 Å². The van der Waals surface area contributed by atoms with Gasteiger partial charge in [-0.25, -0.2) is 23.2 Å². The highest BCUT2D eigenvalue weighted by molar-refractivity contribution is 7.98. The molecule has 2 heterocycles. The fourth-order valence-electron chi connectivity index (χ4n) is 2.74. The molecule has 3 rings (SSSR count). The van der Waals surface area contributed by atoms with Crippen LogP contribution in [-0.2, 0) is 39.8 Å². The lowest BCUT2D eigenvalue weighted by atomic mass is 10.3. The number of aryl methyl sites for hydroxylation is 2. The summed E-state index contributed by atoms with van der Waals surface area (Å²) in [5, 5.41) is 7.74. The number of imidazole rings is 1. The number of thioether (sulfide) groups is 1. The maximum atomic E-state index is 12.0. The smallest absolute Gasteiger partial charge is 0.475 e. The van der Waals surface area contributed by atoms with Crippen molar-refractivity contribution in [2.45, 2.75) is 54.8 Å². The summed E-state index contributed by atoms with van der Waals surface area (Å²) in [6.45, 7) is 2.56. The van der Waals surface area contributed by atoms with E-state index in [1.807, 2.05) is 6.92 Å². The maximum Gasteiger partial charge on any atom is 0.490 e. The Bertz CT molecular complexity index is 1090. The average molecular weight is 468 g/mol. The van der Waals surface area contributed by atoms with Crippen molar-refractivity contribution in [3.05, 3.63) is 33.6 Å². The van der Waals surface area contributed by atoms with E-state index < -0.39 is 22.0 Å². The Morgan fingerprint density at radius 3 is 2.53 bits per heavy atom. The molecule has 1 aliphatic rings. The van der Waals surface area contributed by atoms with Gasteiger partial charge in [-0.15, -0.1) is 0 Å². The number of sulfone groups is 1. The Hall–Kier alpha value is -2.35. The SMILES string of the molecule is CCn1cnc(S(C)(=O)=O)c1CSc1nc2c(c(=O)[nH]1)CCC2.O=C(O)C(F)(F)F. The number of aliphatic carboxylic acids is 1. The normalized spacial score (nSPS) is 13.5. The molecule has 0 atom stereocenters. The number of carbonyl (C=O) groups is 1. The third-order valence-electron chi connectivity index (χ3n) is 4.11. The number of alkyl halides is 3. The number of halogens is 3. The van der Waals surface area contributed by atoms with E-state index in [1.54, 1.807) is 4.57 Å². The molecule has 2 aromatic rings. The van der Waals surface area contributed by atoms with E-state index in [2.05, 4.69) is 15.0 Å². The third kappa shape index (κ3) is 5.84. The second-order valence-corrected chi connectivity index (χ2v) is 9.19. The standard InChI is InChI=1S/C14H18N4O3S2.C2HF3O2/c1-3-18-8-15-13(23(2,20)21)11(18)7-22-14-16-10-6-4-5-9(10)12(19)17-14;3-2(4,5)1(6)7/h8H,3-7H2,1-2H3,(H,16,17,19);(H,6,7). The average Bonchev–Trinajstić information content (AvgIpc) is 3.25. The van der Waals surface area contributed by atoms with Crippen LogP contribution in [0.15, 0.2) is 21.3 Å². The molecule has 0 saturated heterocycles. The largest absolute Gasteiger partial charge is 0.490 e. The summed E-state index contributed by atoms with van der Waals surface area (Å²) in [5.74, 6) is -2.37. The molecule has 14 heteroatoms. The van der Waals surface area contributed by atoms with Gasteiger partial charge >= 0.3 is 12.1 Å². The fourth-order valence-corrected chi connectivity index (χ4v) is 4.60. The van der Waals surface area contributed by atoms with Gasteiger partial charge in [0.15, 0.2) is 20.0 Å². The van der Waals surface area contributed by atoms with Gasteiger partial charge in [0.1, 0.15) is 0 Å². The van der Waals surface area contributed by atoms with E-state index in [-0.39, 0.29) is 10.6 Å². The summed E-state index contributed by atoms with van der Waals surface area (Å²) >= 11 is 1.33. The van der Waals surface area contributed by atoms with Crippen LogP contribution in [0.2, 0.25) is 0 Å². The number of nitrogens with one attached hydrogen (secondary N) is 1. The predicted molar refractivity (Wildman–Crippen MR) is 101 cm³/mol. The summed E-state index contributed by atoms with van der Waals surface area (Å²) in [5.41, 5.74) is 2.19. The molecule has 166 valence electrons. The molecule has 0 aliphatic heterocycles. The summed E-state index contributed by atoms with van der Waals surface area (Å²) < 4.78 is 57.2. The molecule has 0 bridgehead atoms. The van der Waals surface area contributed by atoms with Crippen LogP contribution in [0, 0.1) is 0 Å². The van der Waals surface area contributed by atoms with Crippen molar-refractivity contribution in [3.8, 4) is 0 Å². The number of fused-ring (bicyclic) bond motifs is 1. The Labute approximate surface area is 173 Å². The molecule has 0 aromatic carbocycles. The first kappa shape index (κ1) is 23.9. The van der Waals surface area contributed by atoms with Crippen molar-refractivity contribution in [1.82, 2.24) is 19.5 Å². The lowest BCUT2D eigenvalue weighted by molar-refractivity contribution is -0.192. The zero-order valence-electron chi connectivity index (χ0n) is 16.0. The molecular weight excluding hydrogens is 449 g/mol. The minimum atomic E-state index is -5.08. The van der Waals surface area contributed by atoms with Crippen molar-refractivity contribution < 1.29 is 31.5 Å². The van der Waals surface area contributed by atoms with Gasteiger partial charge < -0.3 is 14.7 Å². The van der Waals surface area contributed by atoms with Gasteiger partial charge in [-0.05, 0) is 26.2 Å². The first-order valence-electron chi connectivity index (χ1n) is 8.63. The van der Waals surface area contributed by atoms with E-state index >= 15 is 0 Å². The number of hydrogen-bond acceptors (Lipinski definition) is 7. The molecule has 0 radical (unpaired) electrons. The van der Waals surface area contributed by atoms with Gasteiger partial charge in [0.25, 0.3) is 5.56 Å². The highest BCUT2D eigenvalue weighted by Crippen LogP contribution is 2.25. The molecule has 0 saturated carbocycles. The third-order valence-corrected chi connectivity index (χ3v) is 6.04. The van der Waals surface area contributed by atoms with Gasteiger partial charge in [0, 0.05) is 24.1 Å². The number of hydrogen-bond donors (Lipinski definition) is 2. The monoisotopic (exact) mass is 468 g/mol. The molecule has 0 fully saturated rings. The minimum absolute atomic E-state index is 0.0812. The van der Waals surface area contributed by atoms with Crippen molar-refractivity contribution in [2.75, 3.05) is 6.26 Å². The second-order valence-electron chi connectivity index (χ2n) is 6.30. The Kier molecular flexibility index (Phi) is 7.34. The molecule has 2 aromatic heterocycles. The van der Waals surface area contributed by atoms with Gasteiger partial charge in [-0.2, -0.15) is 13.2 Å². The zero-order valence-corrected chi connectivity index (χ0v) is 17.6. The molecule has 30 heavy (non-hydrogen) atoms. The predicted octanol–water partition coefficient (Wildman–Crippen LogP) is 1.80. The Morgan fingerprint density at radius 2 is 2.00 bits per heavy atom. The number of H-pyrrole nitrogens is 1. The molecular formula is C16H19F3N4O5S2. The topological polar surface area (TPSA) is 135 Å². The number of aromatic nitrogens is 4. The number of rotatable bonds is 5. The van der Waals surface area contributed by atoms with Crippen LogP contribution in [0.25, 0.3) is 0 Å². The molecule has 9 nitrogen and oxygen atoms in total. The van der Waals surface area contributed by atoms with Crippen molar-refractivity contribution in [3.63, 3.8) is 0 Å². The van der Waals surface area contributed by atoms with Crippen LogP contribution in [0.5, 0.6) is 0 Å². The number of carboxylic acids is 1. The van der Waals surface area contributed by atoms with Crippen LogP contribution >= 0.6 is 11.8 Å². The van der Waals surface area contributed by atoms with E-state index in [0.717, 1.165) is 36.8 Å². The Balaban J connectivity index is 0.000000396. The second kappa shape index (κ2) is 9.20. The summed E-state index contributed by atoms with van der Waals surface area (Å²) in [7, 11) is -3.38. The van der Waals surface area contributed by atoms with Crippen molar-refractivity contribution in [1.29, 1.82) is 0 Å². The summed E-state index contributed by atoms with van der Waals surface area (Å²) in [4.78, 5) is 32.2. The summed E-state index contributed by atoms with van der Waals surface area (Å²) in [6, 6.07) is 0. The van der Waals surface area contributed by atoms with Crippen molar-refractivity contribution in [2.24, 2.45) is 0 Å². The van der Waals surface area contributed by atoms with E-state index in [4.69, 9.17) is 9.90 Å². The molecule has 0 amide bonds. The van der Waals surface area contributed by atoms with Crippen LogP contribution in [0.3, 0.4) is 0 Å². The van der Waals surface area contributed by atoms with E-state index in [9.17, 15) is 26.4 Å². The fraction of sp³-hybridized carbons (Fsp3) is 0.500. The van der Waals surface area contributed by atoms with E-state index in [1.165, 1.54) is 18.1 Å². The van der Waals surface area contributed by atoms with Crippen molar-refractivity contribution >= 4 is 27.6 Å². The molecule has 0 spiro atoms. The van der Waals surface area contributed by atoms with Gasteiger partial charge in [-0.3, -0.25) is 4.79 Å². The zero-order chi connectivity index (χ0) is 22.7. The quantitative estimate of drug-likeness (QED) is 0.501. The van der Waals surface area contributed by atoms with Gasteiger partial charge in [0.2, 0.25) is 0 Å². The lowest BCUT2D eigenvalue weighted by Crippen LogP contribution is -2.21. The lowest BCUT2D eigenvalue weighted by Gasteiger charge is -2.07. The number of nitrogens with zero attached hydrogens (tertiary/aromatic N) is 3.